The molecular formula is C29H45NO9. The van der Waals surface area contributed by atoms with Crippen LogP contribution >= 0.6 is 0 Å². The van der Waals surface area contributed by atoms with Gasteiger partial charge in [0.15, 0.2) is 11.5 Å². The van der Waals surface area contributed by atoms with Crippen LogP contribution in [0.25, 0.3) is 0 Å². The molecule has 10 nitrogen and oxygen atoms in total. The van der Waals surface area contributed by atoms with Gasteiger partial charge in [0, 0.05) is 25.3 Å². The number of ether oxygens (including phenoxy) is 4. The van der Waals surface area contributed by atoms with E-state index in [9.17, 15) is 24.3 Å². The Morgan fingerprint density at radius 1 is 0.897 bits per heavy atom. The number of hydrogen-bond donors (Lipinski definition) is 2. The Kier molecular flexibility index (Phi) is 14.5. The van der Waals surface area contributed by atoms with E-state index in [-0.39, 0.29) is 42.7 Å². The van der Waals surface area contributed by atoms with Gasteiger partial charge in [-0.25, -0.2) is 9.59 Å². The number of carboxylic acids is 1. The van der Waals surface area contributed by atoms with Gasteiger partial charge in [0.25, 0.3) is 5.72 Å². The predicted octanol–water partition coefficient (Wildman–Crippen LogP) is 5.79. The Morgan fingerprint density at radius 3 is 1.95 bits per heavy atom. The predicted molar refractivity (Wildman–Crippen MR) is 146 cm³/mol. The molecule has 1 rings (SSSR count). The van der Waals surface area contributed by atoms with Gasteiger partial charge in [0.2, 0.25) is 0 Å². The van der Waals surface area contributed by atoms with Gasteiger partial charge in [-0.15, -0.1) is 0 Å². The van der Waals surface area contributed by atoms with E-state index in [1.54, 1.807) is 13.8 Å². The summed E-state index contributed by atoms with van der Waals surface area (Å²) in [6.45, 7) is 12.9. The zero-order valence-corrected chi connectivity index (χ0v) is 24.3. The molecule has 0 radical (unpaired) electrons. The molecule has 1 aromatic rings. The Morgan fingerprint density at radius 2 is 1.46 bits per heavy atom. The number of carbonyl (C=O) groups excluding carboxylic acids is 3. The average molecular weight is 552 g/mol. The molecule has 0 saturated carbocycles. The van der Waals surface area contributed by atoms with Crippen molar-refractivity contribution in [3.63, 3.8) is 0 Å². The largest absolute Gasteiger partial charge is 0.510 e. The second kappa shape index (κ2) is 16.7. The van der Waals surface area contributed by atoms with Crippen LogP contribution in [0.2, 0.25) is 0 Å². The molecule has 0 heterocycles. The van der Waals surface area contributed by atoms with Crippen molar-refractivity contribution in [3.05, 3.63) is 23.8 Å². The number of unbranched alkanes of at least 4 members (excludes halogenated alkanes) is 2. The van der Waals surface area contributed by atoms with Crippen molar-refractivity contribution in [1.29, 1.82) is 0 Å². The molecule has 2 N–H and O–H groups in total. The molecule has 1 aromatic carbocycles. The standard InChI is InChI=1S/C29H45NO9/c1-8-11-13-25(31)37-23-16-15-22(17-24(23)38-26(32)14-12-9-2)18-29(27(33)34,30-20(6)10-3)39-28(35)36-21(7)19(4)5/h15-17,19-21,30H,8-14,18H2,1-7H3,(H,33,34)/t20?,21?,29-/m0/s1. The second-order valence-electron chi connectivity index (χ2n) is 10.1. The molecule has 0 aliphatic rings. The number of carbonyl (C=O) groups is 4. The molecule has 220 valence electrons. The molecule has 0 aliphatic heterocycles. The highest BCUT2D eigenvalue weighted by Crippen LogP contribution is 2.32. The van der Waals surface area contributed by atoms with Gasteiger partial charge in [-0.3, -0.25) is 14.9 Å². The first-order chi connectivity index (χ1) is 18.4. The van der Waals surface area contributed by atoms with Crippen molar-refractivity contribution in [1.82, 2.24) is 5.32 Å². The van der Waals surface area contributed by atoms with Crippen molar-refractivity contribution in [2.75, 3.05) is 0 Å². The van der Waals surface area contributed by atoms with E-state index in [1.165, 1.54) is 18.2 Å². The number of benzene rings is 1. The molecule has 10 heteroatoms. The highest BCUT2D eigenvalue weighted by molar-refractivity contribution is 5.81. The molecule has 2 unspecified atom stereocenters. The maximum absolute atomic E-state index is 12.6. The number of hydrogen-bond acceptors (Lipinski definition) is 9. The van der Waals surface area contributed by atoms with Gasteiger partial charge < -0.3 is 24.1 Å². The third-order valence-corrected chi connectivity index (χ3v) is 6.29. The first-order valence-corrected chi connectivity index (χ1v) is 13.8. The van der Waals surface area contributed by atoms with E-state index in [4.69, 9.17) is 18.9 Å². The minimum absolute atomic E-state index is 0.00293. The second-order valence-corrected chi connectivity index (χ2v) is 10.1. The van der Waals surface area contributed by atoms with Gasteiger partial charge in [-0.05, 0) is 56.7 Å². The van der Waals surface area contributed by atoms with Gasteiger partial charge in [0.1, 0.15) is 6.10 Å². The lowest BCUT2D eigenvalue weighted by Gasteiger charge is -2.33. The van der Waals surface area contributed by atoms with Crippen LogP contribution in [0, 0.1) is 5.92 Å². The van der Waals surface area contributed by atoms with Crippen molar-refractivity contribution in [2.45, 2.75) is 118 Å². The first kappa shape index (κ1) is 33.9. The van der Waals surface area contributed by atoms with Crippen LogP contribution in [0.3, 0.4) is 0 Å². The normalized spacial score (nSPS) is 14.2. The Bertz CT molecular complexity index is 962. The molecule has 0 saturated heterocycles. The average Bonchev–Trinajstić information content (AvgIpc) is 2.87. The van der Waals surface area contributed by atoms with Gasteiger partial charge in [-0.1, -0.05) is 53.5 Å². The van der Waals surface area contributed by atoms with Crippen molar-refractivity contribution < 1.29 is 43.2 Å². The number of carboxylic acid groups (broad SMARTS) is 1. The van der Waals surface area contributed by atoms with Crippen LogP contribution in [-0.4, -0.2) is 47.0 Å². The van der Waals surface area contributed by atoms with Crippen LogP contribution < -0.4 is 14.8 Å². The van der Waals surface area contributed by atoms with Crippen molar-refractivity contribution in [2.24, 2.45) is 5.92 Å². The zero-order valence-electron chi connectivity index (χ0n) is 24.3. The summed E-state index contributed by atoms with van der Waals surface area (Å²) in [5.41, 5.74) is -1.81. The molecule has 3 atom stereocenters. The van der Waals surface area contributed by atoms with Crippen LogP contribution in [0.4, 0.5) is 4.79 Å². The zero-order chi connectivity index (χ0) is 29.6. The summed E-state index contributed by atoms with van der Waals surface area (Å²) >= 11 is 0. The van der Waals surface area contributed by atoms with Crippen molar-refractivity contribution >= 4 is 24.1 Å². The molecule has 0 spiro atoms. The first-order valence-electron chi connectivity index (χ1n) is 13.8. The lowest BCUT2D eigenvalue weighted by molar-refractivity contribution is -0.168. The summed E-state index contributed by atoms with van der Waals surface area (Å²) in [6.07, 6.45) is 1.86. The quantitative estimate of drug-likeness (QED) is 0.139. The minimum Gasteiger partial charge on any atom is -0.477 e. The van der Waals surface area contributed by atoms with Crippen LogP contribution in [-0.2, 0) is 30.3 Å². The molecule has 0 aromatic heterocycles. The summed E-state index contributed by atoms with van der Waals surface area (Å²) in [5.74, 6) is -2.38. The van der Waals surface area contributed by atoms with E-state index in [0.717, 1.165) is 12.8 Å². The van der Waals surface area contributed by atoms with Gasteiger partial charge >= 0.3 is 24.1 Å². The molecule has 0 bridgehead atoms. The van der Waals surface area contributed by atoms with Gasteiger partial charge in [0.05, 0.1) is 0 Å². The highest BCUT2D eigenvalue weighted by atomic mass is 16.7. The monoisotopic (exact) mass is 551 g/mol. The number of rotatable bonds is 17. The molecular weight excluding hydrogens is 506 g/mol. The fraction of sp³-hybridized carbons (Fsp3) is 0.655. The highest BCUT2D eigenvalue weighted by Gasteiger charge is 2.45. The SMILES string of the molecule is CCCCC(=O)Oc1ccc(C[C@](NC(C)CC)(OC(=O)OC(C)C(C)C)C(=O)O)cc1OC(=O)CCCC. The lowest BCUT2D eigenvalue weighted by Crippen LogP contribution is -2.59. The summed E-state index contributed by atoms with van der Waals surface area (Å²) in [7, 11) is 0. The molecule has 0 amide bonds. The maximum Gasteiger partial charge on any atom is 0.510 e. The van der Waals surface area contributed by atoms with Crippen LogP contribution in [0.5, 0.6) is 11.5 Å². The maximum atomic E-state index is 12.6. The topological polar surface area (TPSA) is 137 Å². The van der Waals surface area contributed by atoms with E-state index >= 15 is 0 Å². The van der Waals surface area contributed by atoms with Crippen molar-refractivity contribution in [3.8, 4) is 11.5 Å². The third kappa shape index (κ3) is 11.6. The fourth-order valence-electron chi connectivity index (χ4n) is 3.36. The summed E-state index contributed by atoms with van der Waals surface area (Å²) in [4.78, 5) is 49.9. The fourth-order valence-corrected chi connectivity index (χ4v) is 3.36. The summed E-state index contributed by atoms with van der Waals surface area (Å²) in [5, 5.41) is 13.1. The van der Waals surface area contributed by atoms with E-state index in [0.29, 0.717) is 24.8 Å². The Hall–Kier alpha value is -3.14. The summed E-state index contributed by atoms with van der Waals surface area (Å²) < 4.78 is 21.7. The van der Waals surface area contributed by atoms with Crippen LogP contribution in [0.15, 0.2) is 18.2 Å². The van der Waals surface area contributed by atoms with Gasteiger partial charge in [-0.2, -0.15) is 0 Å². The van der Waals surface area contributed by atoms with E-state index < -0.39 is 35.9 Å². The molecule has 0 fully saturated rings. The summed E-state index contributed by atoms with van der Waals surface area (Å²) in [6, 6.07) is 4.07. The lowest BCUT2D eigenvalue weighted by atomic mass is 10.00. The molecule has 0 aliphatic carbocycles. The van der Waals surface area contributed by atoms with Crippen LogP contribution in [0.1, 0.15) is 99.0 Å². The van der Waals surface area contributed by atoms with E-state index in [1.807, 2.05) is 34.6 Å². The molecule has 39 heavy (non-hydrogen) atoms. The Labute approximate surface area is 231 Å². The number of nitrogens with one attached hydrogen (secondary N) is 1. The number of esters is 2. The number of aliphatic carboxylic acids is 1. The Balaban J connectivity index is 3.41. The third-order valence-electron chi connectivity index (χ3n) is 6.29. The minimum atomic E-state index is -2.17. The van der Waals surface area contributed by atoms with E-state index in [2.05, 4.69) is 5.32 Å². The smallest absolute Gasteiger partial charge is 0.477 e.